The minimum absolute atomic E-state index is 0.00259. The summed E-state index contributed by atoms with van der Waals surface area (Å²) < 4.78 is 5.69. The molecule has 3 rings (SSSR count). The highest BCUT2D eigenvalue weighted by Crippen LogP contribution is 2.28. The number of carbonyl (C=O) groups excluding carboxylic acids is 1. The predicted molar refractivity (Wildman–Crippen MR) is 127 cm³/mol. The van der Waals surface area contributed by atoms with E-state index in [4.69, 9.17) is 16.3 Å². The average molecular weight is 462 g/mol. The van der Waals surface area contributed by atoms with Gasteiger partial charge in [0.2, 0.25) is 0 Å². The van der Waals surface area contributed by atoms with Crippen LogP contribution in [0.4, 0.5) is 11.4 Å². The van der Waals surface area contributed by atoms with Crippen molar-refractivity contribution >= 4 is 35.0 Å². The van der Waals surface area contributed by atoms with Gasteiger partial charge < -0.3 is 10.1 Å². The molecule has 8 heteroatoms. The number of rotatable bonds is 7. The lowest BCUT2D eigenvalue weighted by Gasteiger charge is -2.10. The summed E-state index contributed by atoms with van der Waals surface area (Å²) in [5.41, 5.74) is 3.86. The van der Waals surface area contributed by atoms with Crippen LogP contribution in [0.5, 0.6) is 5.75 Å². The zero-order chi connectivity index (χ0) is 24.0. The van der Waals surface area contributed by atoms with Crippen LogP contribution in [0.1, 0.15) is 22.3 Å². The fourth-order valence-electron chi connectivity index (χ4n) is 3.06. The number of aryl methyl sites for hydroxylation is 2. The van der Waals surface area contributed by atoms with Crippen molar-refractivity contribution in [3.05, 3.63) is 104 Å². The average Bonchev–Trinajstić information content (AvgIpc) is 2.79. The highest BCUT2D eigenvalue weighted by molar-refractivity contribution is 6.32. The number of benzene rings is 3. The fourth-order valence-corrected chi connectivity index (χ4v) is 3.30. The smallest absolute Gasteiger partial charge is 0.269 e. The van der Waals surface area contributed by atoms with Crippen LogP contribution in [0.25, 0.3) is 6.08 Å². The third kappa shape index (κ3) is 6.19. The van der Waals surface area contributed by atoms with E-state index in [1.807, 2.05) is 32.0 Å². The van der Waals surface area contributed by atoms with E-state index in [0.29, 0.717) is 22.0 Å². The largest absolute Gasteiger partial charge is 0.487 e. The Kier molecular flexibility index (Phi) is 7.44. The Bertz CT molecular complexity index is 1280. The van der Waals surface area contributed by atoms with Gasteiger partial charge in [-0.05, 0) is 66.9 Å². The van der Waals surface area contributed by atoms with Crippen LogP contribution >= 0.6 is 11.6 Å². The zero-order valence-corrected chi connectivity index (χ0v) is 18.7. The van der Waals surface area contributed by atoms with Crippen LogP contribution in [0, 0.1) is 35.3 Å². The van der Waals surface area contributed by atoms with Crippen LogP contribution < -0.4 is 10.1 Å². The Morgan fingerprint density at radius 3 is 2.48 bits per heavy atom. The second-order valence-electron chi connectivity index (χ2n) is 7.34. The number of hydrogen-bond acceptors (Lipinski definition) is 5. The molecule has 0 saturated carbocycles. The molecule has 0 heterocycles. The standard InChI is InChI=1S/C25H20ClN3O4/c1-16-3-9-23(17(2)11-16)28-25(30)20(14-27)12-19-6-10-24(22(26)13-19)33-15-18-4-7-21(8-5-18)29(31)32/h3-13H,15H2,1-2H3,(H,28,30)/b20-12+. The molecule has 0 spiro atoms. The van der Waals surface area contributed by atoms with E-state index in [9.17, 15) is 20.2 Å². The second kappa shape index (κ2) is 10.4. The lowest BCUT2D eigenvalue weighted by molar-refractivity contribution is -0.384. The number of non-ortho nitro benzene ring substituents is 1. The van der Waals surface area contributed by atoms with Crippen molar-refractivity contribution in [2.75, 3.05) is 5.32 Å². The predicted octanol–water partition coefficient (Wildman–Crippen LogP) is 5.99. The summed E-state index contributed by atoms with van der Waals surface area (Å²) in [5, 5.41) is 23.3. The Morgan fingerprint density at radius 1 is 1.15 bits per heavy atom. The molecule has 7 nitrogen and oxygen atoms in total. The van der Waals surface area contributed by atoms with E-state index < -0.39 is 10.8 Å². The molecule has 0 radical (unpaired) electrons. The summed E-state index contributed by atoms with van der Waals surface area (Å²) in [5.74, 6) is -0.107. The maximum Gasteiger partial charge on any atom is 0.269 e. The number of nitro groups is 1. The van der Waals surface area contributed by atoms with Crippen molar-refractivity contribution in [3.63, 3.8) is 0 Å². The van der Waals surface area contributed by atoms with Crippen LogP contribution in [0.3, 0.4) is 0 Å². The maximum absolute atomic E-state index is 12.6. The van der Waals surface area contributed by atoms with Crippen LogP contribution in [-0.4, -0.2) is 10.8 Å². The summed E-state index contributed by atoms with van der Waals surface area (Å²) in [6.07, 6.45) is 1.45. The summed E-state index contributed by atoms with van der Waals surface area (Å²) in [4.78, 5) is 22.8. The Balaban J connectivity index is 1.69. The zero-order valence-electron chi connectivity index (χ0n) is 18.0. The first kappa shape index (κ1) is 23.5. The molecule has 0 unspecified atom stereocenters. The highest BCUT2D eigenvalue weighted by atomic mass is 35.5. The Labute approximate surface area is 196 Å². The third-order valence-corrected chi connectivity index (χ3v) is 5.10. The minimum Gasteiger partial charge on any atom is -0.487 e. The first-order valence-corrected chi connectivity index (χ1v) is 10.3. The van der Waals surface area contributed by atoms with E-state index in [1.165, 1.54) is 18.2 Å². The van der Waals surface area contributed by atoms with Gasteiger partial charge in [0.1, 0.15) is 24.0 Å². The topological polar surface area (TPSA) is 105 Å². The van der Waals surface area contributed by atoms with Gasteiger partial charge in [0.25, 0.3) is 11.6 Å². The van der Waals surface area contributed by atoms with Crippen molar-refractivity contribution in [1.82, 2.24) is 0 Å². The van der Waals surface area contributed by atoms with Crippen LogP contribution in [0.2, 0.25) is 5.02 Å². The highest BCUT2D eigenvalue weighted by Gasteiger charge is 2.12. The van der Waals surface area contributed by atoms with Gasteiger partial charge in [0.05, 0.1) is 9.95 Å². The molecule has 0 atom stereocenters. The lowest BCUT2D eigenvalue weighted by atomic mass is 10.1. The van der Waals surface area contributed by atoms with Crippen molar-refractivity contribution in [2.24, 2.45) is 0 Å². The SMILES string of the molecule is Cc1ccc(NC(=O)/C(C#N)=C/c2ccc(OCc3ccc([N+](=O)[O-])cc3)c(Cl)c2)c(C)c1. The molecule has 0 aliphatic carbocycles. The van der Waals surface area contributed by atoms with Gasteiger partial charge in [-0.3, -0.25) is 14.9 Å². The van der Waals surface area contributed by atoms with Crippen LogP contribution in [-0.2, 0) is 11.4 Å². The number of ether oxygens (including phenoxy) is 1. The minimum atomic E-state index is -0.515. The molecule has 3 aromatic carbocycles. The molecule has 0 aliphatic heterocycles. The number of amides is 1. The number of nitrogens with one attached hydrogen (secondary N) is 1. The van der Waals surface area contributed by atoms with Gasteiger partial charge in [0, 0.05) is 17.8 Å². The molecule has 3 aromatic rings. The van der Waals surface area contributed by atoms with Gasteiger partial charge in [0.15, 0.2) is 0 Å². The second-order valence-corrected chi connectivity index (χ2v) is 7.75. The molecule has 0 aliphatic rings. The van der Waals surface area contributed by atoms with Crippen LogP contribution in [0.15, 0.2) is 66.2 Å². The van der Waals surface area contributed by atoms with E-state index >= 15 is 0 Å². The van der Waals surface area contributed by atoms with Gasteiger partial charge in [-0.15, -0.1) is 0 Å². The van der Waals surface area contributed by atoms with Gasteiger partial charge in [-0.2, -0.15) is 5.26 Å². The van der Waals surface area contributed by atoms with E-state index in [-0.39, 0.29) is 17.9 Å². The molecular weight excluding hydrogens is 442 g/mol. The molecule has 33 heavy (non-hydrogen) atoms. The maximum atomic E-state index is 12.6. The van der Waals surface area contributed by atoms with E-state index in [2.05, 4.69) is 5.32 Å². The van der Waals surface area contributed by atoms with Crippen molar-refractivity contribution in [1.29, 1.82) is 5.26 Å². The Morgan fingerprint density at radius 2 is 1.88 bits per heavy atom. The summed E-state index contributed by atoms with van der Waals surface area (Å²) in [6, 6.07) is 18.5. The van der Waals surface area contributed by atoms with Gasteiger partial charge >= 0.3 is 0 Å². The number of nitrogens with zero attached hydrogens (tertiary/aromatic N) is 2. The molecule has 0 bridgehead atoms. The first-order chi connectivity index (χ1) is 15.8. The molecule has 0 fully saturated rings. The van der Waals surface area contributed by atoms with Crippen molar-refractivity contribution in [3.8, 4) is 11.8 Å². The quantitative estimate of drug-likeness (QED) is 0.201. The summed E-state index contributed by atoms with van der Waals surface area (Å²) in [7, 11) is 0. The number of hydrogen-bond donors (Lipinski definition) is 1. The van der Waals surface area contributed by atoms with Gasteiger partial charge in [-0.25, -0.2) is 0 Å². The lowest BCUT2D eigenvalue weighted by Crippen LogP contribution is -2.14. The summed E-state index contributed by atoms with van der Waals surface area (Å²) >= 11 is 6.31. The fraction of sp³-hybridized carbons (Fsp3) is 0.120. The van der Waals surface area contributed by atoms with E-state index in [0.717, 1.165) is 16.7 Å². The van der Waals surface area contributed by atoms with Crippen molar-refractivity contribution < 1.29 is 14.5 Å². The number of nitriles is 1. The van der Waals surface area contributed by atoms with Gasteiger partial charge in [-0.1, -0.05) is 35.4 Å². The number of halogens is 1. The molecule has 166 valence electrons. The monoisotopic (exact) mass is 461 g/mol. The molecule has 0 aromatic heterocycles. The number of anilines is 1. The third-order valence-electron chi connectivity index (χ3n) is 4.80. The molecule has 1 amide bonds. The normalized spacial score (nSPS) is 10.9. The molecule has 0 saturated heterocycles. The number of carbonyl (C=O) groups is 1. The summed E-state index contributed by atoms with van der Waals surface area (Å²) in [6.45, 7) is 4.02. The Hall–Kier alpha value is -4.15. The molecular formula is C25H20ClN3O4. The number of nitro benzene ring substituents is 1. The molecule has 1 N–H and O–H groups in total. The van der Waals surface area contributed by atoms with Crippen molar-refractivity contribution in [2.45, 2.75) is 20.5 Å². The first-order valence-electron chi connectivity index (χ1n) is 9.93. The van der Waals surface area contributed by atoms with E-state index in [1.54, 1.807) is 36.4 Å².